The first-order chi connectivity index (χ1) is 12.7. The molecule has 0 radical (unpaired) electrons. The van der Waals surface area contributed by atoms with E-state index in [4.69, 9.17) is 9.15 Å². The Bertz CT molecular complexity index is 792. The molecule has 0 N–H and O–H groups in total. The number of carbonyl (C=O) groups excluding carboxylic acids is 1. The monoisotopic (exact) mass is 370 g/mol. The van der Waals surface area contributed by atoms with Gasteiger partial charge in [0, 0.05) is 5.56 Å². The Kier molecular flexibility index (Phi) is 5.43. The van der Waals surface area contributed by atoms with E-state index >= 15 is 0 Å². The van der Waals surface area contributed by atoms with Crippen molar-refractivity contribution < 1.29 is 13.9 Å². The number of hydrogen-bond acceptors (Lipinski definition) is 4. The van der Waals surface area contributed by atoms with Crippen LogP contribution < -0.4 is 0 Å². The minimum atomic E-state index is 0.0735. The predicted octanol–water partition coefficient (Wildman–Crippen LogP) is 4.13. The van der Waals surface area contributed by atoms with Crippen LogP contribution >= 0.6 is 0 Å². The maximum Gasteiger partial charge on any atom is 0.229 e. The van der Waals surface area contributed by atoms with Crippen LogP contribution in [-0.4, -0.2) is 41.1 Å². The first kappa shape index (κ1) is 19.6. The van der Waals surface area contributed by atoms with Gasteiger partial charge in [-0.15, -0.1) is 0 Å². The van der Waals surface area contributed by atoms with E-state index in [0.717, 1.165) is 5.56 Å². The van der Waals surface area contributed by atoms with Gasteiger partial charge in [0.05, 0.1) is 37.4 Å². The number of ether oxygens (including phenoxy) is 1. The van der Waals surface area contributed by atoms with Crippen molar-refractivity contribution >= 4 is 5.91 Å². The van der Waals surface area contributed by atoms with E-state index < -0.39 is 0 Å². The van der Waals surface area contributed by atoms with E-state index in [1.165, 1.54) is 5.56 Å². The molecule has 1 aliphatic rings. The van der Waals surface area contributed by atoms with E-state index in [0.29, 0.717) is 30.6 Å². The third kappa shape index (κ3) is 4.24. The van der Waals surface area contributed by atoms with Gasteiger partial charge in [-0.3, -0.25) is 4.79 Å². The lowest BCUT2D eigenvalue weighted by atomic mass is 9.87. The first-order valence-electron chi connectivity index (χ1n) is 9.63. The zero-order chi connectivity index (χ0) is 19.8. The second-order valence-corrected chi connectivity index (χ2v) is 8.56. The van der Waals surface area contributed by atoms with E-state index in [1.54, 1.807) is 0 Å². The number of amides is 1. The van der Waals surface area contributed by atoms with E-state index in [1.807, 2.05) is 37.8 Å². The summed E-state index contributed by atoms with van der Waals surface area (Å²) >= 11 is 0. The minimum absolute atomic E-state index is 0.0735. The second-order valence-electron chi connectivity index (χ2n) is 8.56. The highest BCUT2D eigenvalue weighted by Gasteiger charge is 2.30. The molecule has 5 nitrogen and oxygen atoms in total. The summed E-state index contributed by atoms with van der Waals surface area (Å²) in [6, 6.07) is 8.44. The molecule has 5 heteroatoms. The van der Waals surface area contributed by atoms with Crippen LogP contribution in [0.4, 0.5) is 0 Å². The lowest BCUT2D eigenvalue weighted by Crippen LogP contribution is -2.53. The van der Waals surface area contributed by atoms with Gasteiger partial charge in [0.1, 0.15) is 5.76 Å². The SMILES string of the molecule is Cc1oc(-c2ccc(C(C)(C)C)cc2)nc1CC(=O)N1C(C)COCC1C. The fourth-order valence-corrected chi connectivity index (χ4v) is 3.56. The van der Waals surface area contributed by atoms with Gasteiger partial charge in [-0.05, 0) is 43.9 Å². The molecule has 27 heavy (non-hydrogen) atoms. The summed E-state index contributed by atoms with van der Waals surface area (Å²) in [7, 11) is 0. The number of morpholine rings is 1. The summed E-state index contributed by atoms with van der Waals surface area (Å²) in [4.78, 5) is 19.4. The molecule has 0 aliphatic carbocycles. The number of nitrogens with zero attached hydrogens (tertiary/aromatic N) is 2. The largest absolute Gasteiger partial charge is 0.441 e. The van der Waals surface area contributed by atoms with Gasteiger partial charge >= 0.3 is 0 Å². The molecule has 2 aromatic rings. The minimum Gasteiger partial charge on any atom is -0.441 e. The maximum absolute atomic E-state index is 12.8. The topological polar surface area (TPSA) is 55.6 Å². The zero-order valence-electron chi connectivity index (χ0n) is 17.2. The van der Waals surface area contributed by atoms with Gasteiger partial charge in [0.2, 0.25) is 11.8 Å². The van der Waals surface area contributed by atoms with Crippen LogP contribution in [0.3, 0.4) is 0 Å². The highest BCUT2D eigenvalue weighted by atomic mass is 16.5. The zero-order valence-corrected chi connectivity index (χ0v) is 17.2. The van der Waals surface area contributed by atoms with Crippen molar-refractivity contribution in [3.8, 4) is 11.5 Å². The van der Waals surface area contributed by atoms with Crippen molar-refractivity contribution in [1.29, 1.82) is 0 Å². The van der Waals surface area contributed by atoms with Crippen LogP contribution in [-0.2, 0) is 21.4 Å². The summed E-state index contributed by atoms with van der Waals surface area (Å²) in [6.45, 7) is 13.6. The molecule has 2 heterocycles. The van der Waals surface area contributed by atoms with Crippen molar-refractivity contribution in [3.05, 3.63) is 41.3 Å². The lowest BCUT2D eigenvalue weighted by Gasteiger charge is -2.38. The smallest absolute Gasteiger partial charge is 0.229 e. The van der Waals surface area contributed by atoms with Crippen LogP contribution in [0.15, 0.2) is 28.7 Å². The Morgan fingerprint density at radius 2 is 1.74 bits per heavy atom. The van der Waals surface area contributed by atoms with Gasteiger partial charge in [-0.25, -0.2) is 4.98 Å². The molecule has 1 aliphatic heterocycles. The fourth-order valence-electron chi connectivity index (χ4n) is 3.56. The maximum atomic E-state index is 12.8. The Labute approximate surface area is 161 Å². The number of aryl methyl sites for hydroxylation is 1. The van der Waals surface area contributed by atoms with Gasteiger partial charge in [-0.2, -0.15) is 0 Å². The molecule has 2 atom stereocenters. The fraction of sp³-hybridized carbons (Fsp3) is 0.545. The van der Waals surface area contributed by atoms with Gasteiger partial charge in [0.25, 0.3) is 0 Å². The summed E-state index contributed by atoms with van der Waals surface area (Å²) in [5, 5.41) is 0. The molecule has 1 fully saturated rings. The molecular formula is C22H30N2O3. The Morgan fingerprint density at radius 1 is 1.15 bits per heavy atom. The van der Waals surface area contributed by atoms with Gasteiger partial charge < -0.3 is 14.1 Å². The van der Waals surface area contributed by atoms with Crippen molar-refractivity contribution in [2.75, 3.05) is 13.2 Å². The standard InChI is InChI=1S/C22H30N2O3/c1-14-12-26-13-15(2)24(14)20(25)11-19-16(3)27-21(23-19)17-7-9-18(10-8-17)22(4,5)6/h7-10,14-15H,11-13H2,1-6H3. The van der Waals surface area contributed by atoms with Crippen molar-refractivity contribution in [2.24, 2.45) is 0 Å². The van der Waals surface area contributed by atoms with Crippen LogP contribution in [0.1, 0.15) is 51.6 Å². The molecule has 0 spiro atoms. The van der Waals surface area contributed by atoms with E-state index in [9.17, 15) is 4.79 Å². The summed E-state index contributed by atoms with van der Waals surface area (Å²) in [5.41, 5.74) is 3.01. The molecule has 1 aromatic carbocycles. The molecule has 0 bridgehead atoms. The number of carbonyl (C=O) groups is 1. The molecule has 1 aromatic heterocycles. The number of aromatic nitrogens is 1. The third-order valence-corrected chi connectivity index (χ3v) is 5.17. The lowest BCUT2D eigenvalue weighted by molar-refractivity contribution is -0.143. The number of benzene rings is 1. The van der Waals surface area contributed by atoms with E-state index in [-0.39, 0.29) is 29.8 Å². The van der Waals surface area contributed by atoms with Crippen LogP contribution in [0, 0.1) is 6.92 Å². The highest BCUT2D eigenvalue weighted by Crippen LogP contribution is 2.27. The molecule has 1 saturated heterocycles. The van der Waals surface area contributed by atoms with Crippen molar-refractivity contribution in [3.63, 3.8) is 0 Å². The van der Waals surface area contributed by atoms with Crippen LogP contribution in [0.2, 0.25) is 0 Å². The number of oxazole rings is 1. The van der Waals surface area contributed by atoms with Crippen LogP contribution in [0.25, 0.3) is 11.5 Å². The van der Waals surface area contributed by atoms with Crippen molar-refractivity contribution in [1.82, 2.24) is 9.88 Å². The summed E-state index contributed by atoms with van der Waals surface area (Å²) in [6.07, 6.45) is 0.254. The second kappa shape index (κ2) is 7.47. The first-order valence-corrected chi connectivity index (χ1v) is 9.63. The molecule has 3 rings (SSSR count). The molecule has 0 saturated carbocycles. The quantitative estimate of drug-likeness (QED) is 0.815. The van der Waals surface area contributed by atoms with Crippen molar-refractivity contribution in [2.45, 2.75) is 65.5 Å². The Balaban J connectivity index is 1.77. The normalized spacial score (nSPS) is 20.7. The summed E-state index contributed by atoms with van der Waals surface area (Å²) in [5.74, 6) is 1.34. The Hall–Kier alpha value is -2.14. The Morgan fingerprint density at radius 3 is 2.30 bits per heavy atom. The molecular weight excluding hydrogens is 340 g/mol. The average Bonchev–Trinajstić information content (AvgIpc) is 2.95. The van der Waals surface area contributed by atoms with E-state index in [2.05, 4.69) is 37.9 Å². The summed E-state index contributed by atoms with van der Waals surface area (Å²) < 4.78 is 11.4. The third-order valence-electron chi connectivity index (χ3n) is 5.17. The highest BCUT2D eigenvalue weighted by molar-refractivity contribution is 5.79. The molecule has 2 unspecified atom stereocenters. The van der Waals surface area contributed by atoms with Gasteiger partial charge in [-0.1, -0.05) is 32.9 Å². The molecule has 146 valence electrons. The molecule has 1 amide bonds. The van der Waals surface area contributed by atoms with Crippen LogP contribution in [0.5, 0.6) is 0 Å². The van der Waals surface area contributed by atoms with Gasteiger partial charge in [0.15, 0.2) is 0 Å². The predicted molar refractivity (Wildman–Crippen MR) is 106 cm³/mol. The number of rotatable bonds is 3. The number of hydrogen-bond donors (Lipinski definition) is 0. The average molecular weight is 370 g/mol.